The molecular formula is C35H36N4S. The molecule has 0 radical (unpaired) electrons. The number of hydrogen-bond donors (Lipinski definition) is 0. The summed E-state index contributed by atoms with van der Waals surface area (Å²) in [7, 11) is 0. The summed E-state index contributed by atoms with van der Waals surface area (Å²) in [6, 6.07) is 24.0. The molecule has 0 N–H and O–H groups in total. The SMILES string of the molecule is CCCCCCC1(CCCCCC)c2ccccc2-c2ccc(-c3ccc(C=C(C#N)C#N)c4nsnc34)cc21. The summed E-state index contributed by atoms with van der Waals surface area (Å²) in [5, 5.41) is 18.5. The molecule has 0 saturated carbocycles. The second-order valence-electron chi connectivity index (χ2n) is 11.0. The van der Waals surface area contributed by atoms with Crippen molar-refractivity contribution in [2.75, 3.05) is 0 Å². The topological polar surface area (TPSA) is 73.4 Å². The molecule has 0 bridgehead atoms. The Hall–Kier alpha value is -3.80. The third-order valence-electron chi connectivity index (χ3n) is 8.48. The lowest BCUT2D eigenvalue weighted by molar-refractivity contribution is 0.401. The predicted octanol–water partition coefficient (Wildman–Crippen LogP) is 10.00. The summed E-state index contributed by atoms with van der Waals surface area (Å²) in [5.41, 5.74) is 10.3. The zero-order valence-corrected chi connectivity index (χ0v) is 24.4. The van der Waals surface area contributed by atoms with Crippen LogP contribution in [-0.4, -0.2) is 8.75 Å². The van der Waals surface area contributed by atoms with E-state index < -0.39 is 0 Å². The van der Waals surface area contributed by atoms with Crippen LogP contribution in [0.5, 0.6) is 0 Å². The number of nitrogens with zero attached hydrogens (tertiary/aromatic N) is 4. The summed E-state index contributed by atoms with van der Waals surface area (Å²) >= 11 is 1.17. The highest BCUT2D eigenvalue weighted by Crippen LogP contribution is 2.55. The van der Waals surface area contributed by atoms with Crippen LogP contribution in [-0.2, 0) is 5.41 Å². The highest BCUT2D eigenvalue weighted by Gasteiger charge is 2.42. The van der Waals surface area contributed by atoms with Gasteiger partial charge in [0.1, 0.15) is 28.7 Å². The fraction of sp³-hybridized carbons (Fsp3) is 0.371. The zero-order valence-electron chi connectivity index (χ0n) is 23.5. The third kappa shape index (κ3) is 5.19. The Morgan fingerprint density at radius 2 is 1.40 bits per heavy atom. The molecule has 0 unspecified atom stereocenters. The van der Waals surface area contributed by atoms with E-state index in [0.29, 0.717) is 0 Å². The first-order valence-electron chi connectivity index (χ1n) is 14.7. The maximum absolute atomic E-state index is 9.26. The number of aromatic nitrogens is 2. The van der Waals surface area contributed by atoms with E-state index in [-0.39, 0.29) is 11.0 Å². The Morgan fingerprint density at radius 3 is 2.10 bits per heavy atom. The first-order valence-corrected chi connectivity index (χ1v) is 15.4. The van der Waals surface area contributed by atoms with Crippen molar-refractivity contribution in [3.8, 4) is 34.4 Å². The van der Waals surface area contributed by atoms with Crippen molar-refractivity contribution in [1.29, 1.82) is 10.5 Å². The maximum Gasteiger partial charge on any atom is 0.130 e. The monoisotopic (exact) mass is 544 g/mol. The molecule has 40 heavy (non-hydrogen) atoms. The van der Waals surface area contributed by atoms with Gasteiger partial charge in [-0.15, -0.1) is 0 Å². The van der Waals surface area contributed by atoms with Crippen LogP contribution in [0.2, 0.25) is 0 Å². The van der Waals surface area contributed by atoms with Crippen molar-refractivity contribution < 1.29 is 0 Å². The number of benzene rings is 3. The third-order valence-corrected chi connectivity index (χ3v) is 9.01. The molecule has 5 heteroatoms. The normalized spacial score (nSPS) is 12.9. The largest absolute Gasteiger partial charge is 0.192 e. The molecule has 1 aliphatic carbocycles. The van der Waals surface area contributed by atoms with Crippen molar-refractivity contribution >= 4 is 28.8 Å². The Morgan fingerprint density at radius 1 is 0.750 bits per heavy atom. The van der Waals surface area contributed by atoms with Gasteiger partial charge in [0.15, 0.2) is 0 Å². The zero-order chi connectivity index (χ0) is 28.0. The molecule has 0 atom stereocenters. The first kappa shape index (κ1) is 27.8. The van der Waals surface area contributed by atoms with Crippen LogP contribution in [0.15, 0.2) is 60.2 Å². The van der Waals surface area contributed by atoms with Gasteiger partial charge in [0.05, 0.1) is 11.7 Å². The number of rotatable bonds is 12. The van der Waals surface area contributed by atoms with Crippen molar-refractivity contribution in [3.05, 3.63) is 76.9 Å². The van der Waals surface area contributed by atoms with Gasteiger partial charge in [-0.1, -0.05) is 114 Å². The molecule has 0 amide bonds. The fourth-order valence-corrected chi connectivity index (χ4v) is 7.05. The van der Waals surface area contributed by atoms with Gasteiger partial charge >= 0.3 is 0 Å². The molecule has 1 aromatic heterocycles. The summed E-state index contributed by atoms with van der Waals surface area (Å²) in [6.07, 6.45) is 14.0. The van der Waals surface area contributed by atoms with E-state index in [2.05, 4.69) is 71.1 Å². The van der Waals surface area contributed by atoms with Gasteiger partial charge in [-0.3, -0.25) is 0 Å². The second kappa shape index (κ2) is 12.6. The van der Waals surface area contributed by atoms with Crippen molar-refractivity contribution in [2.24, 2.45) is 0 Å². The van der Waals surface area contributed by atoms with Crippen LogP contribution >= 0.6 is 11.7 Å². The molecule has 3 aromatic carbocycles. The molecule has 1 aliphatic rings. The van der Waals surface area contributed by atoms with Crippen LogP contribution in [0.1, 0.15) is 94.7 Å². The summed E-state index contributed by atoms with van der Waals surface area (Å²) in [6.45, 7) is 4.56. The smallest absolute Gasteiger partial charge is 0.130 e. The number of unbranched alkanes of at least 4 members (excludes halogenated alkanes) is 6. The Kier molecular flexibility index (Phi) is 8.73. The minimum Gasteiger partial charge on any atom is -0.192 e. The Balaban J connectivity index is 1.63. The lowest BCUT2D eigenvalue weighted by Gasteiger charge is -2.33. The molecular weight excluding hydrogens is 508 g/mol. The van der Waals surface area contributed by atoms with E-state index >= 15 is 0 Å². The van der Waals surface area contributed by atoms with Crippen LogP contribution in [0.25, 0.3) is 39.4 Å². The maximum atomic E-state index is 9.26. The van der Waals surface area contributed by atoms with E-state index in [4.69, 9.17) is 0 Å². The molecule has 4 aromatic rings. The number of hydrogen-bond acceptors (Lipinski definition) is 5. The Labute approximate surface area is 242 Å². The number of fused-ring (bicyclic) bond motifs is 4. The molecule has 0 saturated heterocycles. The molecule has 0 fully saturated rings. The van der Waals surface area contributed by atoms with Gasteiger partial charge in [-0.05, 0) is 52.8 Å². The standard InChI is InChI=1S/C35H36N4S/c1-3-5-7-11-19-35(20-12-8-6-4-2)31-14-10-9-13-29(31)30-18-15-26(22-32(30)35)28-17-16-27(21-25(23-36)24-37)33-34(28)39-40-38-33/h9-10,13-18,21-22H,3-8,11-12,19-20H2,1-2H3. The average Bonchev–Trinajstić information content (AvgIpc) is 3.59. The van der Waals surface area contributed by atoms with Gasteiger partial charge < -0.3 is 0 Å². The highest BCUT2D eigenvalue weighted by molar-refractivity contribution is 7.00. The fourth-order valence-electron chi connectivity index (χ4n) is 6.47. The number of nitriles is 2. The summed E-state index contributed by atoms with van der Waals surface area (Å²) in [4.78, 5) is 0. The predicted molar refractivity (Wildman–Crippen MR) is 166 cm³/mol. The lowest BCUT2D eigenvalue weighted by atomic mass is 9.70. The van der Waals surface area contributed by atoms with E-state index in [1.807, 2.05) is 18.2 Å². The lowest BCUT2D eigenvalue weighted by Crippen LogP contribution is -2.25. The molecule has 5 rings (SSSR count). The molecule has 1 heterocycles. The second-order valence-corrected chi connectivity index (χ2v) is 11.5. The van der Waals surface area contributed by atoms with Gasteiger partial charge in [0.2, 0.25) is 0 Å². The van der Waals surface area contributed by atoms with Gasteiger partial charge in [-0.25, -0.2) is 0 Å². The molecule has 0 aliphatic heterocycles. The van der Waals surface area contributed by atoms with Gasteiger partial charge in [-0.2, -0.15) is 19.3 Å². The Bertz CT molecular complexity index is 1590. The van der Waals surface area contributed by atoms with E-state index in [1.165, 1.54) is 98.2 Å². The van der Waals surface area contributed by atoms with E-state index in [0.717, 1.165) is 27.7 Å². The van der Waals surface area contributed by atoms with E-state index in [9.17, 15) is 10.5 Å². The van der Waals surface area contributed by atoms with Crippen LogP contribution in [0.4, 0.5) is 0 Å². The van der Waals surface area contributed by atoms with Crippen LogP contribution in [0, 0.1) is 22.7 Å². The van der Waals surface area contributed by atoms with E-state index in [1.54, 1.807) is 6.08 Å². The van der Waals surface area contributed by atoms with Crippen molar-refractivity contribution in [3.63, 3.8) is 0 Å². The summed E-state index contributed by atoms with van der Waals surface area (Å²) in [5.74, 6) is 0. The van der Waals surface area contributed by atoms with Crippen LogP contribution in [0.3, 0.4) is 0 Å². The molecule has 0 spiro atoms. The molecule has 4 nitrogen and oxygen atoms in total. The minimum absolute atomic E-state index is 0.0278. The van der Waals surface area contributed by atoms with Gasteiger partial charge in [0, 0.05) is 16.5 Å². The van der Waals surface area contributed by atoms with Crippen LogP contribution < -0.4 is 0 Å². The summed E-state index contributed by atoms with van der Waals surface area (Å²) < 4.78 is 9.20. The number of allylic oxidation sites excluding steroid dienone is 1. The van der Waals surface area contributed by atoms with Crippen molar-refractivity contribution in [1.82, 2.24) is 8.75 Å². The average molecular weight is 545 g/mol. The first-order chi connectivity index (χ1) is 19.7. The quantitative estimate of drug-likeness (QED) is 0.131. The minimum atomic E-state index is 0.0278. The van der Waals surface area contributed by atoms with Crippen molar-refractivity contribution in [2.45, 2.75) is 83.5 Å². The van der Waals surface area contributed by atoms with Gasteiger partial charge in [0.25, 0.3) is 0 Å². The highest BCUT2D eigenvalue weighted by atomic mass is 32.1. The molecule has 202 valence electrons.